The van der Waals surface area contributed by atoms with Gasteiger partial charge in [0.1, 0.15) is 5.78 Å². The zero-order chi connectivity index (χ0) is 11.3. The Kier molecular flexibility index (Phi) is 4.85. The number of rotatable bonds is 5. The van der Waals surface area contributed by atoms with Crippen LogP contribution in [0, 0.1) is 6.92 Å². The van der Waals surface area contributed by atoms with Crippen molar-refractivity contribution in [3.8, 4) is 0 Å². The van der Waals surface area contributed by atoms with Gasteiger partial charge in [0.05, 0.1) is 5.37 Å². The lowest BCUT2D eigenvalue weighted by Gasteiger charge is -2.09. The monoisotopic (exact) mass is 223 g/mol. The minimum absolute atomic E-state index is 0.125. The first-order valence-electron chi connectivity index (χ1n) is 5.12. The van der Waals surface area contributed by atoms with E-state index >= 15 is 0 Å². The highest BCUT2D eigenvalue weighted by Crippen LogP contribution is 2.22. The summed E-state index contributed by atoms with van der Waals surface area (Å²) in [5.41, 5.74) is 7.10. The summed E-state index contributed by atoms with van der Waals surface area (Å²) in [5.74, 6) is 0.224. The summed E-state index contributed by atoms with van der Waals surface area (Å²) in [7, 11) is 0. The number of carbonyl (C=O) groups excluding carboxylic acids is 1. The maximum absolute atomic E-state index is 11.2. The molecule has 0 spiro atoms. The number of carbonyl (C=O) groups is 1. The number of benzene rings is 1. The number of Topliss-reactive ketones (excluding diaryl/α,β-unsaturated/α-hetero) is 1. The fourth-order valence-corrected chi connectivity index (χ4v) is 2.11. The van der Waals surface area contributed by atoms with Gasteiger partial charge in [-0.2, -0.15) is 0 Å². The van der Waals surface area contributed by atoms with E-state index < -0.39 is 0 Å². The van der Waals surface area contributed by atoms with Crippen molar-refractivity contribution in [1.82, 2.24) is 0 Å². The summed E-state index contributed by atoms with van der Waals surface area (Å²) in [6, 6.07) is 8.18. The first-order valence-corrected chi connectivity index (χ1v) is 6.00. The maximum atomic E-state index is 11.2. The van der Waals surface area contributed by atoms with E-state index in [9.17, 15) is 4.79 Å². The number of hydrogen-bond donors (Lipinski definition) is 1. The molecule has 1 aromatic carbocycles. The SMILES string of the molecule is CCC(=O)CC(N)Sc1ccc(C)cc1. The van der Waals surface area contributed by atoms with Crippen LogP contribution in [0.5, 0.6) is 0 Å². The second-order valence-electron chi connectivity index (χ2n) is 3.57. The molecule has 1 unspecified atom stereocenters. The van der Waals surface area contributed by atoms with Crippen LogP contribution >= 0.6 is 11.8 Å². The van der Waals surface area contributed by atoms with E-state index in [0.29, 0.717) is 12.8 Å². The topological polar surface area (TPSA) is 43.1 Å². The molecule has 1 aromatic rings. The zero-order valence-electron chi connectivity index (χ0n) is 9.19. The standard InChI is InChI=1S/C12H17NOS/c1-3-10(14)8-12(13)15-11-6-4-9(2)5-7-11/h4-7,12H,3,8,13H2,1-2H3. The summed E-state index contributed by atoms with van der Waals surface area (Å²) in [5, 5.41) is -0.125. The quantitative estimate of drug-likeness (QED) is 0.616. The Morgan fingerprint density at radius 3 is 2.53 bits per heavy atom. The Morgan fingerprint density at radius 1 is 1.40 bits per heavy atom. The molecule has 1 atom stereocenters. The number of ketones is 1. The first-order chi connectivity index (χ1) is 7.11. The summed E-state index contributed by atoms with van der Waals surface area (Å²) in [6.45, 7) is 3.92. The molecule has 82 valence electrons. The van der Waals surface area contributed by atoms with E-state index in [0.717, 1.165) is 4.90 Å². The van der Waals surface area contributed by atoms with Crippen LogP contribution in [-0.2, 0) is 4.79 Å². The lowest BCUT2D eigenvalue weighted by Crippen LogP contribution is -2.19. The molecule has 1 rings (SSSR count). The van der Waals surface area contributed by atoms with Gasteiger partial charge in [0, 0.05) is 17.7 Å². The molecule has 0 saturated heterocycles. The number of aryl methyl sites for hydroxylation is 1. The zero-order valence-corrected chi connectivity index (χ0v) is 10.0. The van der Waals surface area contributed by atoms with Crippen molar-refractivity contribution >= 4 is 17.5 Å². The van der Waals surface area contributed by atoms with Crippen molar-refractivity contribution in [2.45, 2.75) is 37.0 Å². The molecule has 15 heavy (non-hydrogen) atoms. The van der Waals surface area contributed by atoms with Gasteiger partial charge >= 0.3 is 0 Å². The molecule has 0 aliphatic carbocycles. The third-order valence-corrected chi connectivity index (χ3v) is 3.15. The molecule has 0 amide bonds. The lowest BCUT2D eigenvalue weighted by molar-refractivity contribution is -0.118. The fourth-order valence-electron chi connectivity index (χ4n) is 1.20. The molecule has 0 heterocycles. The Labute approximate surface area is 95.2 Å². The predicted octanol–water partition coefficient (Wildman–Crippen LogP) is 2.74. The minimum atomic E-state index is -0.125. The summed E-state index contributed by atoms with van der Waals surface area (Å²) >= 11 is 1.55. The highest BCUT2D eigenvalue weighted by molar-refractivity contribution is 7.99. The highest BCUT2D eigenvalue weighted by atomic mass is 32.2. The molecular formula is C12H17NOS. The number of hydrogen-bond acceptors (Lipinski definition) is 3. The van der Waals surface area contributed by atoms with Crippen molar-refractivity contribution in [2.24, 2.45) is 5.73 Å². The van der Waals surface area contributed by atoms with Gasteiger partial charge < -0.3 is 5.73 Å². The second kappa shape index (κ2) is 5.93. The van der Waals surface area contributed by atoms with Gasteiger partial charge in [-0.25, -0.2) is 0 Å². The minimum Gasteiger partial charge on any atom is -0.319 e. The van der Waals surface area contributed by atoms with Gasteiger partial charge in [-0.3, -0.25) is 4.79 Å². The van der Waals surface area contributed by atoms with E-state index in [4.69, 9.17) is 5.73 Å². The van der Waals surface area contributed by atoms with Crippen LogP contribution in [-0.4, -0.2) is 11.2 Å². The van der Waals surface area contributed by atoms with E-state index in [2.05, 4.69) is 19.1 Å². The predicted molar refractivity (Wildman–Crippen MR) is 64.9 cm³/mol. The Morgan fingerprint density at radius 2 is 2.00 bits per heavy atom. The van der Waals surface area contributed by atoms with Crippen LogP contribution in [0.3, 0.4) is 0 Å². The van der Waals surface area contributed by atoms with Gasteiger partial charge in [-0.1, -0.05) is 24.6 Å². The maximum Gasteiger partial charge on any atom is 0.135 e. The van der Waals surface area contributed by atoms with Crippen LogP contribution in [0.1, 0.15) is 25.3 Å². The van der Waals surface area contributed by atoms with Gasteiger partial charge in [-0.15, -0.1) is 11.8 Å². The van der Waals surface area contributed by atoms with Crippen LogP contribution in [0.2, 0.25) is 0 Å². The molecule has 0 bridgehead atoms. The summed E-state index contributed by atoms with van der Waals surface area (Å²) in [4.78, 5) is 12.3. The molecule has 0 fully saturated rings. The van der Waals surface area contributed by atoms with E-state index in [1.165, 1.54) is 5.56 Å². The van der Waals surface area contributed by atoms with Crippen LogP contribution in [0.25, 0.3) is 0 Å². The van der Waals surface area contributed by atoms with Gasteiger partial charge in [0.15, 0.2) is 0 Å². The highest BCUT2D eigenvalue weighted by Gasteiger charge is 2.08. The average Bonchev–Trinajstić information content (AvgIpc) is 2.21. The van der Waals surface area contributed by atoms with Crippen LogP contribution < -0.4 is 5.73 Å². The molecule has 0 radical (unpaired) electrons. The molecule has 0 aromatic heterocycles. The van der Waals surface area contributed by atoms with Crippen molar-refractivity contribution < 1.29 is 4.79 Å². The van der Waals surface area contributed by atoms with Gasteiger partial charge in [0.25, 0.3) is 0 Å². The molecule has 2 nitrogen and oxygen atoms in total. The number of nitrogens with two attached hydrogens (primary N) is 1. The molecule has 0 aliphatic rings. The molecule has 0 aliphatic heterocycles. The molecular weight excluding hydrogens is 206 g/mol. The Bertz CT molecular complexity index is 321. The summed E-state index contributed by atoms with van der Waals surface area (Å²) < 4.78 is 0. The van der Waals surface area contributed by atoms with E-state index in [-0.39, 0.29) is 11.2 Å². The van der Waals surface area contributed by atoms with E-state index in [1.54, 1.807) is 11.8 Å². The van der Waals surface area contributed by atoms with Crippen molar-refractivity contribution in [1.29, 1.82) is 0 Å². The first kappa shape index (κ1) is 12.3. The fraction of sp³-hybridized carbons (Fsp3) is 0.417. The van der Waals surface area contributed by atoms with Crippen molar-refractivity contribution in [3.63, 3.8) is 0 Å². The molecule has 3 heteroatoms. The third kappa shape index (κ3) is 4.49. The smallest absolute Gasteiger partial charge is 0.135 e. The second-order valence-corrected chi connectivity index (χ2v) is 4.88. The van der Waals surface area contributed by atoms with Crippen molar-refractivity contribution in [2.75, 3.05) is 0 Å². The van der Waals surface area contributed by atoms with Gasteiger partial charge in [0.2, 0.25) is 0 Å². The van der Waals surface area contributed by atoms with Crippen molar-refractivity contribution in [3.05, 3.63) is 29.8 Å². The van der Waals surface area contributed by atoms with Crippen LogP contribution in [0.15, 0.2) is 29.2 Å². The normalized spacial score (nSPS) is 12.5. The van der Waals surface area contributed by atoms with Gasteiger partial charge in [-0.05, 0) is 19.1 Å². The Hall–Kier alpha value is -0.800. The molecule has 0 saturated carbocycles. The Balaban J connectivity index is 2.47. The van der Waals surface area contributed by atoms with E-state index in [1.807, 2.05) is 19.1 Å². The molecule has 2 N–H and O–H groups in total. The average molecular weight is 223 g/mol. The largest absolute Gasteiger partial charge is 0.319 e. The number of thioether (sulfide) groups is 1. The summed E-state index contributed by atoms with van der Waals surface area (Å²) in [6.07, 6.45) is 1.03. The third-order valence-electron chi connectivity index (χ3n) is 2.13. The lowest BCUT2D eigenvalue weighted by atomic mass is 10.2. The van der Waals surface area contributed by atoms with Crippen LogP contribution in [0.4, 0.5) is 0 Å².